The summed E-state index contributed by atoms with van der Waals surface area (Å²) in [5, 5.41) is 0. The van der Waals surface area contributed by atoms with Crippen molar-refractivity contribution in [1.29, 1.82) is 0 Å². The second kappa shape index (κ2) is 3.13. The lowest BCUT2D eigenvalue weighted by Crippen LogP contribution is -2.11. The first-order chi connectivity index (χ1) is 3.95. The molecular formula is C4H9NO3P. The zero-order valence-electron chi connectivity index (χ0n) is 4.82. The Labute approximate surface area is 53.5 Å². The van der Waals surface area contributed by atoms with Gasteiger partial charge in [0.1, 0.15) is 0 Å². The molecule has 0 aromatic rings. The van der Waals surface area contributed by atoms with E-state index in [2.05, 4.69) is 6.58 Å². The van der Waals surface area contributed by atoms with Gasteiger partial charge in [0.25, 0.3) is 0 Å². The van der Waals surface area contributed by atoms with Gasteiger partial charge >= 0.3 is 7.60 Å². The molecule has 53 valence electrons. The van der Waals surface area contributed by atoms with Gasteiger partial charge in [-0.25, -0.2) is 0 Å². The topological polar surface area (TPSA) is 83.6 Å². The van der Waals surface area contributed by atoms with Crippen molar-refractivity contribution in [1.82, 2.24) is 0 Å². The highest BCUT2D eigenvalue weighted by Gasteiger charge is 2.16. The Kier molecular flexibility index (Phi) is 3.08. The van der Waals surface area contributed by atoms with Gasteiger partial charge in [-0.2, -0.15) is 0 Å². The molecule has 0 amide bonds. The summed E-state index contributed by atoms with van der Waals surface area (Å²) in [6.45, 7) is 3.24. The molecule has 0 saturated heterocycles. The molecule has 0 aliphatic heterocycles. The van der Waals surface area contributed by atoms with E-state index in [4.69, 9.17) is 15.5 Å². The highest BCUT2D eigenvalue weighted by molar-refractivity contribution is 7.51. The van der Waals surface area contributed by atoms with Crippen LogP contribution in [0, 0.1) is 6.04 Å². The van der Waals surface area contributed by atoms with Gasteiger partial charge in [0.05, 0.1) is 12.2 Å². The van der Waals surface area contributed by atoms with E-state index in [0.717, 1.165) is 0 Å². The van der Waals surface area contributed by atoms with Crippen molar-refractivity contribution >= 4 is 7.60 Å². The molecule has 5 heteroatoms. The number of nitrogens with two attached hydrogens (primary N) is 1. The summed E-state index contributed by atoms with van der Waals surface area (Å²) < 4.78 is 10.1. The minimum Gasteiger partial charge on any atom is -0.324 e. The van der Waals surface area contributed by atoms with Gasteiger partial charge in [-0.05, 0) is 0 Å². The van der Waals surface area contributed by atoms with Crippen molar-refractivity contribution in [3.05, 3.63) is 18.7 Å². The molecule has 0 fully saturated rings. The maximum Gasteiger partial charge on any atom is 0.327 e. The Balaban J connectivity index is 3.74. The minimum absolute atomic E-state index is 0.114. The summed E-state index contributed by atoms with van der Waals surface area (Å²) in [6.07, 6.45) is 0.815. The smallest absolute Gasteiger partial charge is 0.324 e. The Hall–Kier alpha value is -0.150. The van der Waals surface area contributed by atoms with Crippen LogP contribution >= 0.6 is 7.60 Å². The van der Waals surface area contributed by atoms with E-state index in [1.807, 2.05) is 0 Å². The van der Waals surface area contributed by atoms with Crippen LogP contribution < -0.4 is 5.73 Å². The molecule has 0 aromatic heterocycles. The van der Waals surface area contributed by atoms with Crippen LogP contribution in [0.4, 0.5) is 0 Å². The van der Waals surface area contributed by atoms with Crippen LogP contribution in [0.1, 0.15) is 0 Å². The standard InChI is InChI=1S/C4H9NO3P/c1-2-4(5)3-9(6,7)8/h2H,1,3,5H2,(H2,6,7,8). The summed E-state index contributed by atoms with van der Waals surface area (Å²) in [4.78, 5) is 16.6. The van der Waals surface area contributed by atoms with Gasteiger partial charge in [-0.1, -0.05) is 6.08 Å². The molecule has 0 aliphatic carbocycles. The van der Waals surface area contributed by atoms with Crippen molar-refractivity contribution in [2.45, 2.75) is 0 Å². The Bertz CT molecular complexity index is 141. The Morgan fingerprint density at radius 2 is 2.22 bits per heavy atom. The van der Waals surface area contributed by atoms with E-state index < -0.39 is 13.8 Å². The zero-order valence-corrected chi connectivity index (χ0v) is 5.71. The van der Waals surface area contributed by atoms with Crippen LogP contribution in [0.5, 0.6) is 0 Å². The average Bonchev–Trinajstić information content (AvgIpc) is 1.62. The van der Waals surface area contributed by atoms with Gasteiger partial charge in [0, 0.05) is 0 Å². The van der Waals surface area contributed by atoms with Gasteiger partial charge in [-0.15, -0.1) is 6.58 Å². The second-order valence-corrected chi connectivity index (χ2v) is 3.25. The van der Waals surface area contributed by atoms with E-state index in [9.17, 15) is 4.57 Å². The van der Waals surface area contributed by atoms with Crippen LogP contribution in [0.15, 0.2) is 12.7 Å². The van der Waals surface area contributed by atoms with Crippen LogP contribution in [-0.2, 0) is 4.57 Å². The third-order valence-electron chi connectivity index (χ3n) is 0.651. The first kappa shape index (κ1) is 8.85. The average molecular weight is 150 g/mol. The molecule has 0 spiro atoms. The summed E-state index contributed by atoms with van der Waals surface area (Å²) in [7, 11) is -3.97. The van der Waals surface area contributed by atoms with E-state index in [1.54, 1.807) is 0 Å². The van der Waals surface area contributed by atoms with Gasteiger partial charge in [0.15, 0.2) is 0 Å². The Morgan fingerprint density at radius 3 is 2.33 bits per heavy atom. The lowest BCUT2D eigenvalue weighted by molar-refractivity contribution is 0.374. The first-order valence-corrected chi connectivity index (χ1v) is 4.04. The summed E-state index contributed by atoms with van der Waals surface area (Å²) in [5.74, 6) is 0. The van der Waals surface area contributed by atoms with Crippen LogP contribution in [-0.4, -0.2) is 15.9 Å². The Morgan fingerprint density at radius 1 is 1.78 bits per heavy atom. The van der Waals surface area contributed by atoms with E-state index in [1.165, 1.54) is 6.08 Å². The molecule has 9 heavy (non-hydrogen) atoms. The van der Waals surface area contributed by atoms with Crippen LogP contribution in [0.25, 0.3) is 0 Å². The number of rotatable bonds is 3. The molecule has 1 radical (unpaired) electrons. The summed E-state index contributed by atoms with van der Waals surface area (Å²) in [6, 6.07) is 0.114. The number of hydrogen-bond donors (Lipinski definition) is 3. The molecule has 4 N–H and O–H groups in total. The minimum atomic E-state index is -3.97. The van der Waals surface area contributed by atoms with Gasteiger partial charge < -0.3 is 15.5 Å². The maximum atomic E-state index is 10.1. The van der Waals surface area contributed by atoms with Crippen molar-refractivity contribution in [2.24, 2.45) is 5.73 Å². The van der Waals surface area contributed by atoms with E-state index in [0.29, 0.717) is 0 Å². The maximum absolute atomic E-state index is 10.1. The van der Waals surface area contributed by atoms with Gasteiger partial charge in [-0.3, -0.25) is 4.57 Å². The summed E-state index contributed by atoms with van der Waals surface area (Å²) in [5.41, 5.74) is 5.07. The SMILES string of the molecule is C=C[C](N)CP(=O)(O)O. The fraction of sp³-hybridized carbons (Fsp3) is 0.250. The molecule has 0 saturated carbocycles. The predicted octanol–water partition coefficient (Wildman–Crippen LogP) is -0.159. The molecule has 0 aromatic carbocycles. The van der Waals surface area contributed by atoms with Crippen LogP contribution in [0.3, 0.4) is 0 Å². The molecule has 0 atom stereocenters. The molecule has 4 nitrogen and oxygen atoms in total. The van der Waals surface area contributed by atoms with Crippen molar-refractivity contribution in [3.63, 3.8) is 0 Å². The lowest BCUT2D eigenvalue weighted by atomic mass is 10.4. The quantitative estimate of drug-likeness (QED) is 0.488. The highest BCUT2D eigenvalue weighted by atomic mass is 31.2. The normalized spacial score (nSPS) is 12.0. The fourth-order valence-electron chi connectivity index (χ4n) is 0.302. The number of hydrogen-bond acceptors (Lipinski definition) is 2. The molecule has 0 unspecified atom stereocenters. The van der Waals surface area contributed by atoms with Crippen molar-refractivity contribution in [2.75, 3.05) is 6.16 Å². The molecule has 0 heterocycles. The zero-order chi connectivity index (χ0) is 7.49. The van der Waals surface area contributed by atoms with Crippen molar-refractivity contribution < 1.29 is 14.4 Å². The second-order valence-electron chi connectivity index (χ2n) is 1.60. The molecular weight excluding hydrogens is 141 g/mol. The monoisotopic (exact) mass is 150 g/mol. The van der Waals surface area contributed by atoms with Crippen LogP contribution in [0.2, 0.25) is 0 Å². The van der Waals surface area contributed by atoms with E-state index >= 15 is 0 Å². The molecule has 0 bridgehead atoms. The fourth-order valence-corrected chi connectivity index (χ4v) is 0.907. The first-order valence-electron chi connectivity index (χ1n) is 2.24. The van der Waals surface area contributed by atoms with Gasteiger partial charge in [0.2, 0.25) is 0 Å². The largest absolute Gasteiger partial charge is 0.327 e. The summed E-state index contributed by atoms with van der Waals surface area (Å²) >= 11 is 0. The predicted molar refractivity (Wildman–Crippen MR) is 34.5 cm³/mol. The van der Waals surface area contributed by atoms with E-state index in [-0.39, 0.29) is 6.04 Å². The highest BCUT2D eigenvalue weighted by Crippen LogP contribution is 2.36. The molecule has 0 rings (SSSR count). The molecule has 0 aliphatic rings. The lowest BCUT2D eigenvalue weighted by Gasteiger charge is -2.05. The van der Waals surface area contributed by atoms with Crippen molar-refractivity contribution in [3.8, 4) is 0 Å². The third kappa shape index (κ3) is 5.73. The third-order valence-corrected chi connectivity index (χ3v) is 1.43.